The molecule has 0 bridgehead atoms. The highest BCUT2D eigenvalue weighted by Crippen LogP contribution is 2.27. The van der Waals surface area contributed by atoms with E-state index in [0.29, 0.717) is 28.2 Å². The van der Waals surface area contributed by atoms with Crippen molar-refractivity contribution in [2.45, 2.75) is 26.4 Å². The van der Waals surface area contributed by atoms with Gasteiger partial charge in [-0.25, -0.2) is 4.39 Å². The van der Waals surface area contributed by atoms with E-state index in [1.165, 1.54) is 18.2 Å². The average molecular weight is 357 g/mol. The van der Waals surface area contributed by atoms with E-state index in [-0.39, 0.29) is 11.7 Å². The van der Waals surface area contributed by atoms with Crippen LogP contribution < -0.4 is 10.1 Å². The Bertz CT molecular complexity index is 645. The summed E-state index contributed by atoms with van der Waals surface area (Å²) >= 11 is 3.20. The molecule has 1 aromatic heterocycles. The van der Waals surface area contributed by atoms with Gasteiger partial charge in [0, 0.05) is 6.07 Å². The molecule has 0 radical (unpaired) electrons. The molecule has 112 valence electrons. The summed E-state index contributed by atoms with van der Waals surface area (Å²) in [5, 5.41) is 6.29. The lowest BCUT2D eigenvalue weighted by atomic mass is 10.2. The summed E-state index contributed by atoms with van der Waals surface area (Å²) in [5.74, 6) is 0.597. The summed E-state index contributed by atoms with van der Waals surface area (Å²) in [4.78, 5) is 12.1. The Morgan fingerprint density at radius 3 is 2.86 bits per heavy atom. The Hall–Kier alpha value is -1.89. The van der Waals surface area contributed by atoms with Gasteiger partial charge in [-0.3, -0.25) is 4.79 Å². The molecule has 0 saturated carbocycles. The number of nitrogens with zero attached hydrogens (tertiary/aromatic N) is 1. The van der Waals surface area contributed by atoms with Crippen molar-refractivity contribution in [2.75, 3.05) is 5.32 Å². The van der Waals surface area contributed by atoms with Crippen LogP contribution in [-0.4, -0.2) is 17.2 Å². The Kier molecular flexibility index (Phi) is 4.95. The predicted octanol–water partition coefficient (Wildman–Crippen LogP) is 3.68. The van der Waals surface area contributed by atoms with E-state index in [2.05, 4.69) is 26.4 Å². The van der Waals surface area contributed by atoms with Crippen LogP contribution in [0.1, 0.15) is 19.1 Å². The minimum atomic E-state index is -0.719. The van der Waals surface area contributed by atoms with Gasteiger partial charge in [0.05, 0.1) is 4.47 Å². The molecule has 7 heteroatoms. The first-order valence-electron chi connectivity index (χ1n) is 6.35. The number of aryl methyl sites for hydroxylation is 1. The first-order valence-corrected chi connectivity index (χ1v) is 7.14. The molecule has 0 aliphatic carbocycles. The summed E-state index contributed by atoms with van der Waals surface area (Å²) in [6.45, 7) is 3.54. The third-order valence-corrected chi connectivity index (χ3v) is 3.33. The van der Waals surface area contributed by atoms with Gasteiger partial charge in [0.1, 0.15) is 17.3 Å². The Morgan fingerprint density at radius 1 is 1.52 bits per heavy atom. The third-order valence-electron chi connectivity index (χ3n) is 2.71. The quantitative estimate of drug-likeness (QED) is 0.887. The number of ether oxygens (including phenoxy) is 1. The van der Waals surface area contributed by atoms with E-state index in [1.54, 1.807) is 13.0 Å². The van der Waals surface area contributed by atoms with Gasteiger partial charge in [-0.2, -0.15) is 0 Å². The number of benzene rings is 1. The number of rotatable bonds is 5. The molecule has 0 fully saturated rings. The maximum atomic E-state index is 13.0. The molecule has 1 amide bonds. The number of hydrogen-bond acceptors (Lipinski definition) is 4. The van der Waals surface area contributed by atoms with Crippen LogP contribution in [0, 0.1) is 12.7 Å². The summed E-state index contributed by atoms with van der Waals surface area (Å²) < 4.78 is 24.0. The molecule has 0 spiro atoms. The second kappa shape index (κ2) is 6.71. The monoisotopic (exact) mass is 356 g/mol. The molecule has 0 aliphatic rings. The van der Waals surface area contributed by atoms with Crippen molar-refractivity contribution in [1.82, 2.24) is 5.16 Å². The van der Waals surface area contributed by atoms with Crippen molar-refractivity contribution in [1.29, 1.82) is 0 Å². The third kappa shape index (κ3) is 4.04. The number of halogens is 2. The van der Waals surface area contributed by atoms with Crippen LogP contribution in [-0.2, 0) is 4.79 Å². The SMILES string of the molecule is CC[C@@H](Oc1ccc(F)cc1Br)C(=O)Nc1cc(C)on1. The fourth-order valence-corrected chi connectivity index (χ4v) is 2.12. The number of aromatic nitrogens is 1. The van der Waals surface area contributed by atoms with Gasteiger partial charge >= 0.3 is 0 Å². The van der Waals surface area contributed by atoms with Crippen molar-refractivity contribution >= 4 is 27.7 Å². The van der Waals surface area contributed by atoms with Crippen LogP contribution in [0.4, 0.5) is 10.2 Å². The van der Waals surface area contributed by atoms with Crippen LogP contribution in [0.15, 0.2) is 33.3 Å². The Balaban J connectivity index is 2.06. The lowest BCUT2D eigenvalue weighted by Gasteiger charge is -2.17. The topological polar surface area (TPSA) is 64.4 Å². The normalized spacial score (nSPS) is 12.0. The minimum absolute atomic E-state index is 0.331. The fraction of sp³-hybridized carbons (Fsp3) is 0.286. The Morgan fingerprint density at radius 2 is 2.29 bits per heavy atom. The zero-order valence-corrected chi connectivity index (χ0v) is 13.1. The highest BCUT2D eigenvalue weighted by atomic mass is 79.9. The second-order valence-corrected chi connectivity index (χ2v) is 5.26. The van der Waals surface area contributed by atoms with Crippen molar-refractivity contribution in [3.63, 3.8) is 0 Å². The summed E-state index contributed by atoms with van der Waals surface area (Å²) in [6.07, 6.45) is -0.268. The van der Waals surface area contributed by atoms with Crippen molar-refractivity contribution < 1.29 is 18.4 Å². The van der Waals surface area contributed by atoms with Crippen LogP contribution in [0.5, 0.6) is 5.75 Å². The molecule has 21 heavy (non-hydrogen) atoms. The van der Waals surface area contributed by atoms with Crippen molar-refractivity contribution in [2.24, 2.45) is 0 Å². The molecular weight excluding hydrogens is 343 g/mol. The molecule has 0 unspecified atom stereocenters. The van der Waals surface area contributed by atoms with E-state index < -0.39 is 6.10 Å². The Labute approximate surface area is 129 Å². The molecule has 5 nitrogen and oxygen atoms in total. The molecule has 0 aliphatic heterocycles. The van der Waals surface area contributed by atoms with E-state index in [9.17, 15) is 9.18 Å². The van der Waals surface area contributed by atoms with Gasteiger partial charge in [-0.05, 0) is 47.5 Å². The largest absolute Gasteiger partial charge is 0.479 e. The van der Waals surface area contributed by atoms with Crippen LogP contribution in [0.3, 0.4) is 0 Å². The second-order valence-electron chi connectivity index (χ2n) is 4.40. The van der Waals surface area contributed by atoms with Gasteiger partial charge in [0.15, 0.2) is 11.9 Å². The van der Waals surface area contributed by atoms with Gasteiger partial charge in [-0.15, -0.1) is 0 Å². The summed E-state index contributed by atoms with van der Waals surface area (Å²) in [6, 6.07) is 5.63. The number of amides is 1. The number of nitrogens with one attached hydrogen (secondary N) is 1. The molecule has 1 N–H and O–H groups in total. The van der Waals surface area contributed by atoms with E-state index in [0.717, 1.165) is 0 Å². The lowest BCUT2D eigenvalue weighted by molar-refractivity contribution is -0.122. The lowest BCUT2D eigenvalue weighted by Crippen LogP contribution is -2.32. The molecule has 2 aromatic rings. The van der Waals surface area contributed by atoms with Crippen LogP contribution in [0.25, 0.3) is 0 Å². The molecule has 1 aromatic carbocycles. The van der Waals surface area contributed by atoms with Crippen LogP contribution in [0.2, 0.25) is 0 Å². The molecule has 1 atom stereocenters. The smallest absolute Gasteiger partial charge is 0.266 e. The number of carbonyl (C=O) groups is 1. The van der Waals surface area contributed by atoms with E-state index in [4.69, 9.17) is 9.26 Å². The van der Waals surface area contributed by atoms with E-state index >= 15 is 0 Å². The molecule has 0 saturated heterocycles. The highest BCUT2D eigenvalue weighted by Gasteiger charge is 2.20. The first kappa shape index (κ1) is 15.5. The summed E-state index contributed by atoms with van der Waals surface area (Å²) in [5.41, 5.74) is 0. The number of anilines is 1. The summed E-state index contributed by atoms with van der Waals surface area (Å²) in [7, 11) is 0. The van der Waals surface area contributed by atoms with Gasteiger partial charge in [0.2, 0.25) is 0 Å². The standard InChI is InChI=1S/C14H14BrFN2O3/c1-3-11(14(19)17-13-6-8(2)21-18-13)20-12-5-4-9(16)7-10(12)15/h4-7,11H,3H2,1-2H3,(H,17,18,19)/t11-/m1/s1. The molecule has 1 heterocycles. The maximum Gasteiger partial charge on any atom is 0.266 e. The van der Waals surface area contributed by atoms with Crippen molar-refractivity contribution in [3.05, 3.63) is 40.3 Å². The van der Waals surface area contributed by atoms with E-state index in [1.807, 2.05) is 6.92 Å². The highest BCUT2D eigenvalue weighted by molar-refractivity contribution is 9.10. The zero-order chi connectivity index (χ0) is 15.4. The maximum absolute atomic E-state index is 13.0. The number of hydrogen-bond donors (Lipinski definition) is 1. The fourth-order valence-electron chi connectivity index (χ4n) is 1.68. The molecular formula is C14H14BrFN2O3. The van der Waals surface area contributed by atoms with Gasteiger partial charge in [0.25, 0.3) is 5.91 Å². The van der Waals surface area contributed by atoms with Crippen molar-refractivity contribution in [3.8, 4) is 5.75 Å². The minimum Gasteiger partial charge on any atom is -0.479 e. The van der Waals surface area contributed by atoms with Gasteiger partial charge in [-0.1, -0.05) is 12.1 Å². The average Bonchev–Trinajstić information content (AvgIpc) is 2.83. The molecule has 2 rings (SSSR count). The van der Waals surface area contributed by atoms with Gasteiger partial charge < -0.3 is 14.6 Å². The first-order chi connectivity index (χ1) is 9.99. The number of carbonyl (C=O) groups excluding carboxylic acids is 1. The van der Waals surface area contributed by atoms with Crippen LogP contribution >= 0.6 is 15.9 Å². The predicted molar refractivity (Wildman–Crippen MR) is 78.7 cm³/mol. The zero-order valence-electron chi connectivity index (χ0n) is 11.5.